The van der Waals surface area contributed by atoms with Gasteiger partial charge in [-0.25, -0.2) is 4.39 Å². The fraction of sp³-hybridized carbons (Fsp3) is 0.364. The molecule has 1 rings (SSSR count). The van der Waals surface area contributed by atoms with Crippen molar-refractivity contribution in [3.05, 3.63) is 35.6 Å². The molecule has 82 valence electrons. The lowest BCUT2D eigenvalue weighted by atomic mass is 10.2. The number of amides is 1. The molecule has 4 heteroatoms. The van der Waals surface area contributed by atoms with E-state index < -0.39 is 5.82 Å². The molecule has 0 aliphatic carbocycles. The SMILES string of the molecule is CCC(N)CNC(=O)c1cccc(F)c1. The molecule has 0 radical (unpaired) electrons. The minimum Gasteiger partial charge on any atom is -0.350 e. The molecule has 0 bridgehead atoms. The van der Waals surface area contributed by atoms with E-state index in [0.29, 0.717) is 12.1 Å². The average molecular weight is 210 g/mol. The van der Waals surface area contributed by atoms with Gasteiger partial charge in [0.25, 0.3) is 5.91 Å². The molecule has 0 fully saturated rings. The van der Waals surface area contributed by atoms with Crippen LogP contribution in [0.15, 0.2) is 24.3 Å². The predicted molar refractivity (Wildman–Crippen MR) is 57.0 cm³/mol. The minimum absolute atomic E-state index is 0.0532. The van der Waals surface area contributed by atoms with Crippen LogP contribution in [0.4, 0.5) is 4.39 Å². The molecular weight excluding hydrogens is 195 g/mol. The molecule has 1 atom stereocenters. The Morgan fingerprint density at radius 3 is 2.93 bits per heavy atom. The van der Waals surface area contributed by atoms with Gasteiger partial charge in [0.15, 0.2) is 0 Å². The van der Waals surface area contributed by atoms with Crippen LogP contribution in [-0.2, 0) is 0 Å². The van der Waals surface area contributed by atoms with Gasteiger partial charge in [-0.3, -0.25) is 4.79 Å². The molecule has 0 saturated carbocycles. The van der Waals surface area contributed by atoms with E-state index in [1.165, 1.54) is 18.2 Å². The summed E-state index contributed by atoms with van der Waals surface area (Å²) in [5, 5.41) is 2.65. The monoisotopic (exact) mass is 210 g/mol. The standard InChI is InChI=1S/C11H15FN2O/c1-2-10(13)7-14-11(15)8-4-3-5-9(12)6-8/h3-6,10H,2,7,13H2,1H3,(H,14,15). The van der Waals surface area contributed by atoms with Crippen molar-refractivity contribution in [3.8, 4) is 0 Å². The van der Waals surface area contributed by atoms with Gasteiger partial charge in [-0.2, -0.15) is 0 Å². The van der Waals surface area contributed by atoms with Gasteiger partial charge < -0.3 is 11.1 Å². The maximum absolute atomic E-state index is 12.8. The number of benzene rings is 1. The lowest BCUT2D eigenvalue weighted by Crippen LogP contribution is -2.36. The van der Waals surface area contributed by atoms with Crippen LogP contribution >= 0.6 is 0 Å². The van der Waals surface area contributed by atoms with Crippen LogP contribution in [0.5, 0.6) is 0 Å². The number of halogens is 1. The third-order valence-electron chi connectivity index (χ3n) is 2.14. The predicted octanol–water partition coefficient (Wildman–Crippen LogP) is 1.29. The molecular formula is C11H15FN2O. The van der Waals surface area contributed by atoms with Gasteiger partial charge in [-0.1, -0.05) is 13.0 Å². The van der Waals surface area contributed by atoms with E-state index in [-0.39, 0.29) is 11.9 Å². The van der Waals surface area contributed by atoms with E-state index in [0.717, 1.165) is 6.42 Å². The van der Waals surface area contributed by atoms with Gasteiger partial charge in [0.2, 0.25) is 0 Å². The van der Waals surface area contributed by atoms with Gasteiger partial charge >= 0.3 is 0 Å². The van der Waals surface area contributed by atoms with E-state index in [2.05, 4.69) is 5.32 Å². The molecule has 0 saturated heterocycles. The first-order chi connectivity index (χ1) is 7.13. The molecule has 3 nitrogen and oxygen atoms in total. The van der Waals surface area contributed by atoms with E-state index in [9.17, 15) is 9.18 Å². The summed E-state index contributed by atoms with van der Waals surface area (Å²) < 4.78 is 12.8. The number of rotatable bonds is 4. The Hall–Kier alpha value is -1.42. The zero-order valence-corrected chi connectivity index (χ0v) is 8.66. The number of carbonyl (C=O) groups excluding carboxylic acids is 1. The second-order valence-corrected chi connectivity index (χ2v) is 3.39. The van der Waals surface area contributed by atoms with E-state index >= 15 is 0 Å². The molecule has 0 heterocycles. The Labute approximate surface area is 88.5 Å². The molecule has 1 aromatic rings. The molecule has 1 aromatic carbocycles. The van der Waals surface area contributed by atoms with Crippen molar-refractivity contribution < 1.29 is 9.18 Å². The molecule has 0 aliphatic heterocycles. The van der Waals surface area contributed by atoms with Gasteiger partial charge in [-0.15, -0.1) is 0 Å². The summed E-state index contributed by atoms with van der Waals surface area (Å²) in [6, 6.07) is 5.52. The van der Waals surface area contributed by atoms with Crippen LogP contribution < -0.4 is 11.1 Å². The Morgan fingerprint density at radius 1 is 1.60 bits per heavy atom. The topological polar surface area (TPSA) is 55.1 Å². The molecule has 15 heavy (non-hydrogen) atoms. The molecule has 1 unspecified atom stereocenters. The summed E-state index contributed by atoms with van der Waals surface area (Å²) in [6.07, 6.45) is 0.795. The smallest absolute Gasteiger partial charge is 0.251 e. The lowest BCUT2D eigenvalue weighted by Gasteiger charge is -2.10. The van der Waals surface area contributed by atoms with E-state index in [1.54, 1.807) is 6.07 Å². The first-order valence-corrected chi connectivity index (χ1v) is 4.92. The Balaban J connectivity index is 2.54. The van der Waals surface area contributed by atoms with Crippen molar-refractivity contribution in [1.29, 1.82) is 0 Å². The summed E-state index contributed by atoms with van der Waals surface area (Å²) >= 11 is 0. The molecule has 3 N–H and O–H groups in total. The van der Waals surface area contributed by atoms with E-state index in [1.807, 2.05) is 6.92 Å². The largest absolute Gasteiger partial charge is 0.350 e. The zero-order valence-electron chi connectivity index (χ0n) is 8.66. The molecule has 0 aliphatic rings. The summed E-state index contributed by atoms with van der Waals surface area (Å²) in [6.45, 7) is 2.35. The van der Waals surface area contributed by atoms with Crippen molar-refractivity contribution in [3.63, 3.8) is 0 Å². The van der Waals surface area contributed by atoms with E-state index in [4.69, 9.17) is 5.73 Å². The lowest BCUT2D eigenvalue weighted by molar-refractivity contribution is 0.0950. The molecule has 1 amide bonds. The van der Waals surface area contributed by atoms with Gasteiger partial charge in [0, 0.05) is 18.2 Å². The van der Waals surface area contributed by atoms with Crippen molar-refractivity contribution >= 4 is 5.91 Å². The first kappa shape index (κ1) is 11.7. The summed E-state index contributed by atoms with van der Waals surface area (Å²) in [5.41, 5.74) is 5.96. The van der Waals surface area contributed by atoms with Crippen LogP contribution in [0.2, 0.25) is 0 Å². The minimum atomic E-state index is -0.414. The Bertz CT molecular complexity index is 341. The Kier molecular flexibility index (Phi) is 4.24. The summed E-state index contributed by atoms with van der Waals surface area (Å²) in [4.78, 5) is 11.5. The third-order valence-corrected chi connectivity index (χ3v) is 2.14. The zero-order chi connectivity index (χ0) is 11.3. The van der Waals surface area contributed by atoms with Crippen LogP contribution in [0.25, 0.3) is 0 Å². The van der Waals surface area contributed by atoms with Crippen molar-refractivity contribution in [2.45, 2.75) is 19.4 Å². The highest BCUT2D eigenvalue weighted by molar-refractivity contribution is 5.94. The van der Waals surface area contributed by atoms with Gasteiger partial charge in [0.05, 0.1) is 0 Å². The number of hydrogen-bond donors (Lipinski definition) is 2. The van der Waals surface area contributed by atoms with Crippen molar-refractivity contribution in [1.82, 2.24) is 5.32 Å². The van der Waals surface area contributed by atoms with Crippen molar-refractivity contribution in [2.24, 2.45) is 5.73 Å². The highest BCUT2D eigenvalue weighted by atomic mass is 19.1. The summed E-state index contributed by atoms with van der Waals surface area (Å²) in [7, 11) is 0. The van der Waals surface area contributed by atoms with Crippen molar-refractivity contribution in [2.75, 3.05) is 6.54 Å². The van der Waals surface area contributed by atoms with Gasteiger partial charge in [0.1, 0.15) is 5.82 Å². The molecule has 0 spiro atoms. The third kappa shape index (κ3) is 3.67. The highest BCUT2D eigenvalue weighted by Crippen LogP contribution is 2.02. The number of hydrogen-bond acceptors (Lipinski definition) is 2. The number of nitrogens with two attached hydrogens (primary N) is 1. The number of carbonyl (C=O) groups is 1. The van der Waals surface area contributed by atoms with Crippen LogP contribution in [-0.4, -0.2) is 18.5 Å². The van der Waals surface area contributed by atoms with Crippen LogP contribution in [0, 0.1) is 5.82 Å². The first-order valence-electron chi connectivity index (χ1n) is 4.92. The van der Waals surface area contributed by atoms with Crippen LogP contribution in [0.3, 0.4) is 0 Å². The number of nitrogens with one attached hydrogen (secondary N) is 1. The maximum Gasteiger partial charge on any atom is 0.251 e. The highest BCUT2D eigenvalue weighted by Gasteiger charge is 2.07. The molecule has 0 aromatic heterocycles. The fourth-order valence-corrected chi connectivity index (χ4v) is 1.10. The average Bonchev–Trinajstić information content (AvgIpc) is 2.25. The van der Waals surface area contributed by atoms with Gasteiger partial charge in [-0.05, 0) is 24.6 Å². The Morgan fingerprint density at radius 2 is 2.33 bits per heavy atom. The normalized spacial score (nSPS) is 12.2. The second-order valence-electron chi connectivity index (χ2n) is 3.39. The van der Waals surface area contributed by atoms with Crippen LogP contribution in [0.1, 0.15) is 23.7 Å². The quantitative estimate of drug-likeness (QED) is 0.786. The maximum atomic E-state index is 12.8. The summed E-state index contributed by atoms with van der Waals surface area (Å²) in [5.74, 6) is -0.708. The fourth-order valence-electron chi connectivity index (χ4n) is 1.10. The second kappa shape index (κ2) is 5.46.